The minimum atomic E-state index is 0.597. The van der Waals surface area contributed by atoms with Gasteiger partial charge in [-0.3, -0.25) is 0 Å². The van der Waals surface area contributed by atoms with Gasteiger partial charge in [0, 0.05) is 11.6 Å². The van der Waals surface area contributed by atoms with E-state index in [1.807, 2.05) is 18.2 Å². The lowest BCUT2D eigenvalue weighted by Crippen LogP contribution is -2.30. The number of unbranched alkanes of at least 4 members (excludes halogenated alkanes) is 1. The van der Waals surface area contributed by atoms with Crippen LogP contribution in [0.1, 0.15) is 29.5 Å². The Morgan fingerprint density at radius 1 is 1.00 bits per heavy atom. The van der Waals surface area contributed by atoms with Gasteiger partial charge in [-0.05, 0) is 55.5 Å². The summed E-state index contributed by atoms with van der Waals surface area (Å²) in [6.07, 6.45) is 8.62. The van der Waals surface area contributed by atoms with E-state index in [1.54, 1.807) is 0 Å². The van der Waals surface area contributed by atoms with E-state index >= 15 is 0 Å². The Bertz CT molecular complexity index is 728. The molecule has 0 saturated heterocycles. The van der Waals surface area contributed by atoms with E-state index in [1.165, 1.54) is 11.1 Å². The van der Waals surface area contributed by atoms with E-state index in [9.17, 15) is 0 Å². The van der Waals surface area contributed by atoms with E-state index < -0.39 is 0 Å². The summed E-state index contributed by atoms with van der Waals surface area (Å²) < 4.78 is 11.6. The summed E-state index contributed by atoms with van der Waals surface area (Å²) in [7, 11) is 0. The topological polar surface area (TPSA) is 30.5 Å². The first-order valence-corrected chi connectivity index (χ1v) is 9.25. The van der Waals surface area contributed by atoms with Gasteiger partial charge in [0.1, 0.15) is 6.61 Å². The van der Waals surface area contributed by atoms with E-state index in [0.29, 0.717) is 12.6 Å². The molecule has 0 spiro atoms. The van der Waals surface area contributed by atoms with Crippen LogP contribution in [0.2, 0.25) is 0 Å². The fourth-order valence-corrected chi connectivity index (χ4v) is 3.66. The first-order valence-electron chi connectivity index (χ1n) is 9.25. The Kier molecular flexibility index (Phi) is 5.03. The number of ether oxygens (including phenoxy) is 2. The number of hydrogen-bond donors (Lipinski definition) is 1. The van der Waals surface area contributed by atoms with Gasteiger partial charge >= 0.3 is 0 Å². The number of hydrogen-bond acceptors (Lipinski definition) is 3. The zero-order chi connectivity index (χ0) is 16.9. The molecule has 0 bridgehead atoms. The van der Waals surface area contributed by atoms with Crippen molar-refractivity contribution < 1.29 is 9.47 Å². The van der Waals surface area contributed by atoms with Crippen LogP contribution < -0.4 is 14.8 Å². The molecule has 0 fully saturated rings. The van der Waals surface area contributed by atoms with Crippen LogP contribution in [0.15, 0.2) is 48.5 Å². The summed E-state index contributed by atoms with van der Waals surface area (Å²) in [4.78, 5) is 0. The first-order chi connectivity index (χ1) is 12.4. The number of nitrogens with one attached hydrogen (secondary N) is 1. The van der Waals surface area contributed by atoms with Gasteiger partial charge in [-0.25, -0.2) is 0 Å². The van der Waals surface area contributed by atoms with Crippen molar-refractivity contribution in [2.75, 3.05) is 19.8 Å². The number of para-hydroxylation sites is 1. The van der Waals surface area contributed by atoms with Gasteiger partial charge < -0.3 is 14.8 Å². The smallest absolute Gasteiger partial charge is 0.168 e. The van der Waals surface area contributed by atoms with Gasteiger partial charge in [0.2, 0.25) is 0 Å². The third-order valence-corrected chi connectivity index (χ3v) is 4.94. The van der Waals surface area contributed by atoms with Crippen LogP contribution in [-0.2, 0) is 12.8 Å². The van der Waals surface area contributed by atoms with Gasteiger partial charge in [-0.15, -0.1) is 0 Å². The number of benzene rings is 2. The third kappa shape index (κ3) is 3.88. The van der Waals surface area contributed by atoms with Crippen molar-refractivity contribution in [1.82, 2.24) is 5.32 Å². The summed E-state index contributed by atoms with van der Waals surface area (Å²) in [6, 6.07) is 15.4. The first kappa shape index (κ1) is 16.2. The second kappa shape index (κ2) is 7.75. The van der Waals surface area contributed by atoms with E-state index in [-0.39, 0.29) is 0 Å². The Hall–Kier alpha value is -2.26. The van der Waals surface area contributed by atoms with Crippen molar-refractivity contribution in [2.45, 2.75) is 31.7 Å². The Morgan fingerprint density at radius 2 is 1.84 bits per heavy atom. The minimum Gasteiger partial charge on any atom is -0.490 e. The molecule has 1 N–H and O–H groups in total. The van der Waals surface area contributed by atoms with Crippen LogP contribution in [0.3, 0.4) is 0 Å². The van der Waals surface area contributed by atoms with Gasteiger partial charge in [0.25, 0.3) is 0 Å². The largest absolute Gasteiger partial charge is 0.490 e. The fraction of sp³-hybridized carbons (Fsp3) is 0.364. The maximum Gasteiger partial charge on any atom is 0.168 e. The van der Waals surface area contributed by atoms with Crippen molar-refractivity contribution in [1.29, 1.82) is 0 Å². The fourth-order valence-electron chi connectivity index (χ4n) is 3.66. The second-order valence-electron chi connectivity index (χ2n) is 6.77. The Balaban J connectivity index is 1.16. The molecular formula is C22H25NO2. The van der Waals surface area contributed by atoms with Crippen molar-refractivity contribution in [3.8, 4) is 11.5 Å². The lowest BCUT2D eigenvalue weighted by Gasteiger charge is -2.17. The quantitative estimate of drug-likeness (QED) is 0.776. The molecule has 4 rings (SSSR count). The summed E-state index contributed by atoms with van der Waals surface area (Å²) in [6.45, 7) is 2.41. The van der Waals surface area contributed by atoms with Crippen LogP contribution in [-0.4, -0.2) is 25.8 Å². The van der Waals surface area contributed by atoms with Gasteiger partial charge in [0.15, 0.2) is 11.5 Å². The van der Waals surface area contributed by atoms with Gasteiger partial charge in [-0.2, -0.15) is 0 Å². The lowest BCUT2D eigenvalue weighted by atomic mass is 10.1. The standard InChI is InChI=1S/C22H25NO2/c1-2-8-19-16-20(15-18(19)7-1)23-12-3-4-13-24-21-11-5-9-17-10-6-14-25-22(17)21/h1-2,5-11,20,23H,3-4,12-16H2. The zero-order valence-electron chi connectivity index (χ0n) is 14.5. The summed E-state index contributed by atoms with van der Waals surface area (Å²) in [5.41, 5.74) is 4.11. The van der Waals surface area contributed by atoms with Crippen LogP contribution in [0.5, 0.6) is 11.5 Å². The molecule has 2 aliphatic rings. The van der Waals surface area contributed by atoms with Crippen molar-refractivity contribution >= 4 is 6.08 Å². The van der Waals surface area contributed by atoms with Crippen molar-refractivity contribution in [2.24, 2.45) is 0 Å². The predicted octanol–water partition coefficient (Wildman–Crippen LogP) is 4.01. The molecule has 0 radical (unpaired) electrons. The molecule has 3 nitrogen and oxygen atoms in total. The monoisotopic (exact) mass is 335 g/mol. The third-order valence-electron chi connectivity index (χ3n) is 4.94. The van der Waals surface area contributed by atoms with Gasteiger partial charge in [0.05, 0.1) is 6.61 Å². The van der Waals surface area contributed by atoms with Crippen molar-refractivity contribution in [3.05, 3.63) is 65.2 Å². The van der Waals surface area contributed by atoms with Crippen LogP contribution in [0.4, 0.5) is 0 Å². The second-order valence-corrected chi connectivity index (χ2v) is 6.77. The van der Waals surface area contributed by atoms with Crippen LogP contribution >= 0.6 is 0 Å². The highest BCUT2D eigenvalue weighted by Crippen LogP contribution is 2.34. The van der Waals surface area contributed by atoms with E-state index in [2.05, 4.69) is 41.7 Å². The highest BCUT2D eigenvalue weighted by atomic mass is 16.5. The molecular weight excluding hydrogens is 310 g/mol. The molecule has 3 heteroatoms. The highest BCUT2D eigenvalue weighted by Gasteiger charge is 2.19. The average molecular weight is 335 g/mol. The summed E-state index contributed by atoms with van der Waals surface area (Å²) in [5, 5.41) is 3.69. The Morgan fingerprint density at radius 3 is 2.68 bits per heavy atom. The molecule has 0 atom stereocenters. The zero-order valence-corrected chi connectivity index (χ0v) is 14.5. The normalized spacial score (nSPS) is 15.5. The van der Waals surface area contributed by atoms with Crippen LogP contribution in [0.25, 0.3) is 6.08 Å². The SMILES string of the molecule is C1=Cc2cccc(OCCCCNC3Cc4ccccc4C3)c2OC1. The minimum absolute atomic E-state index is 0.597. The van der Waals surface area contributed by atoms with Crippen LogP contribution in [0, 0.1) is 0 Å². The molecule has 1 aliphatic heterocycles. The Labute approximate surface area is 149 Å². The molecule has 2 aromatic rings. The summed E-state index contributed by atoms with van der Waals surface area (Å²) >= 11 is 0. The molecule has 0 saturated carbocycles. The van der Waals surface area contributed by atoms with Crippen molar-refractivity contribution in [3.63, 3.8) is 0 Å². The van der Waals surface area contributed by atoms with E-state index in [0.717, 1.165) is 55.9 Å². The molecule has 0 amide bonds. The van der Waals surface area contributed by atoms with Gasteiger partial charge in [-0.1, -0.05) is 42.5 Å². The molecule has 130 valence electrons. The molecule has 0 aromatic heterocycles. The average Bonchev–Trinajstić information content (AvgIpc) is 3.07. The molecule has 2 aromatic carbocycles. The predicted molar refractivity (Wildman–Crippen MR) is 101 cm³/mol. The maximum absolute atomic E-state index is 5.94. The number of fused-ring (bicyclic) bond motifs is 2. The summed E-state index contributed by atoms with van der Waals surface area (Å²) in [5.74, 6) is 1.74. The number of rotatable bonds is 7. The van der Waals surface area contributed by atoms with E-state index in [4.69, 9.17) is 9.47 Å². The maximum atomic E-state index is 5.94. The highest BCUT2D eigenvalue weighted by molar-refractivity contribution is 5.63. The molecule has 0 unspecified atom stereocenters. The molecule has 1 aliphatic carbocycles. The molecule has 25 heavy (non-hydrogen) atoms. The molecule has 1 heterocycles. The lowest BCUT2D eigenvalue weighted by molar-refractivity contribution is 0.275.